The monoisotopic (exact) mass is 462 g/mol. The number of halogens is 3. The summed E-state index contributed by atoms with van der Waals surface area (Å²) in [6.07, 6.45) is 4.05. The molecule has 5 rings (SSSR count). The van der Waals surface area contributed by atoms with Crippen molar-refractivity contribution in [3.63, 3.8) is 0 Å². The fourth-order valence-electron chi connectivity index (χ4n) is 3.99. The van der Waals surface area contributed by atoms with Gasteiger partial charge in [-0.05, 0) is 24.3 Å². The zero-order valence-electron chi connectivity index (χ0n) is 16.7. The molecule has 32 heavy (non-hydrogen) atoms. The van der Waals surface area contributed by atoms with Crippen molar-refractivity contribution in [1.82, 2.24) is 24.4 Å². The second kappa shape index (κ2) is 7.33. The van der Waals surface area contributed by atoms with Gasteiger partial charge in [-0.3, -0.25) is 5.10 Å². The molecule has 1 saturated heterocycles. The molecule has 166 valence electrons. The molecule has 1 fully saturated rings. The Morgan fingerprint density at radius 1 is 1.16 bits per heavy atom. The summed E-state index contributed by atoms with van der Waals surface area (Å²) in [4.78, 5) is 5.90. The van der Waals surface area contributed by atoms with Gasteiger partial charge in [0.1, 0.15) is 17.8 Å². The quantitative estimate of drug-likeness (QED) is 0.500. The average Bonchev–Trinajstić information content (AvgIpc) is 3.46. The maximum absolute atomic E-state index is 14.4. The predicted octanol–water partition coefficient (Wildman–Crippen LogP) is 3.20. The average molecular weight is 462 g/mol. The first-order valence-corrected chi connectivity index (χ1v) is 11.5. The molecule has 8 nitrogen and oxygen atoms in total. The van der Waals surface area contributed by atoms with Gasteiger partial charge in [0.05, 0.1) is 36.6 Å². The number of hydrogen-bond donors (Lipinski definition) is 1. The second-order valence-corrected chi connectivity index (χ2v) is 9.54. The number of nitrogens with zero attached hydrogens (tertiary/aromatic N) is 5. The van der Waals surface area contributed by atoms with Crippen LogP contribution >= 0.6 is 0 Å². The van der Waals surface area contributed by atoms with Crippen LogP contribution in [0.2, 0.25) is 0 Å². The van der Waals surface area contributed by atoms with E-state index >= 15 is 0 Å². The van der Waals surface area contributed by atoms with Crippen molar-refractivity contribution in [2.75, 3.05) is 17.7 Å². The Kier molecular flexibility index (Phi) is 4.69. The molecule has 1 unspecified atom stereocenters. The van der Waals surface area contributed by atoms with E-state index in [1.54, 1.807) is 11.0 Å². The molecular weight excluding hydrogens is 445 g/mol. The van der Waals surface area contributed by atoms with Gasteiger partial charge >= 0.3 is 0 Å². The molecule has 3 aromatic heterocycles. The number of H-pyrrole nitrogens is 1. The summed E-state index contributed by atoms with van der Waals surface area (Å²) >= 11 is 0. The highest BCUT2D eigenvalue weighted by molar-refractivity contribution is 7.89. The highest BCUT2D eigenvalue weighted by Gasteiger charge is 2.37. The van der Waals surface area contributed by atoms with Gasteiger partial charge in [0.15, 0.2) is 11.5 Å². The van der Waals surface area contributed by atoms with E-state index in [1.165, 1.54) is 18.6 Å². The molecule has 4 heterocycles. The first-order valence-electron chi connectivity index (χ1n) is 9.66. The van der Waals surface area contributed by atoms with Crippen LogP contribution in [0.4, 0.5) is 19.0 Å². The number of aromatic nitrogens is 5. The number of aromatic amines is 1. The van der Waals surface area contributed by atoms with Crippen LogP contribution in [0.5, 0.6) is 0 Å². The molecule has 12 heteroatoms. The van der Waals surface area contributed by atoms with Crippen LogP contribution in [0.1, 0.15) is 18.0 Å². The lowest BCUT2D eigenvalue weighted by Crippen LogP contribution is -2.25. The van der Waals surface area contributed by atoms with Gasteiger partial charge in [0.2, 0.25) is 0 Å². The number of pyridine rings is 1. The summed E-state index contributed by atoms with van der Waals surface area (Å²) in [5.74, 6) is -0.886. The van der Waals surface area contributed by atoms with E-state index in [2.05, 4.69) is 20.3 Å². The Morgan fingerprint density at radius 2 is 1.97 bits per heavy atom. The van der Waals surface area contributed by atoms with Gasteiger partial charge in [-0.2, -0.15) is 14.3 Å². The molecule has 0 saturated carbocycles. The standard InChI is InChI=1S/C20H17F3N6O2S/c1-32(30,31)29-9-12(8-25-29)11-4-16-19(24-7-11)26-27-20(16)28-10-14(22)6-18(28)15-5-13(21)2-3-17(15)23/h2-5,7-9,14,18H,6,10H2,1H3,(H,24,26,27)/t14-,18?/m0/s1. The molecule has 0 aliphatic carbocycles. The summed E-state index contributed by atoms with van der Waals surface area (Å²) in [5, 5.41) is 11.4. The normalized spacial score (nSPS) is 19.2. The van der Waals surface area contributed by atoms with Crippen molar-refractivity contribution in [1.29, 1.82) is 0 Å². The summed E-state index contributed by atoms with van der Waals surface area (Å²) < 4.78 is 66.9. The van der Waals surface area contributed by atoms with Crippen LogP contribution in [0.3, 0.4) is 0 Å². The number of nitrogens with one attached hydrogen (secondary N) is 1. The molecule has 1 N–H and O–H groups in total. The van der Waals surface area contributed by atoms with Gasteiger partial charge in [0.25, 0.3) is 10.0 Å². The Balaban J connectivity index is 1.58. The zero-order valence-corrected chi connectivity index (χ0v) is 17.5. The van der Waals surface area contributed by atoms with Crippen LogP contribution in [0.15, 0.2) is 42.9 Å². The topological polar surface area (TPSA) is 96.8 Å². The number of alkyl halides is 1. The molecule has 0 spiro atoms. The Bertz CT molecular complexity index is 1430. The van der Waals surface area contributed by atoms with E-state index in [4.69, 9.17) is 0 Å². The lowest BCUT2D eigenvalue weighted by Gasteiger charge is -2.25. The number of anilines is 1. The van der Waals surface area contributed by atoms with E-state index in [9.17, 15) is 21.6 Å². The fraction of sp³-hybridized carbons (Fsp3) is 0.250. The summed E-state index contributed by atoms with van der Waals surface area (Å²) in [7, 11) is -3.54. The first kappa shape index (κ1) is 20.5. The van der Waals surface area contributed by atoms with Crippen LogP contribution in [-0.4, -0.2) is 51.8 Å². The molecule has 0 amide bonds. The highest BCUT2D eigenvalue weighted by Crippen LogP contribution is 2.40. The minimum Gasteiger partial charge on any atom is -0.344 e. The van der Waals surface area contributed by atoms with Crippen molar-refractivity contribution < 1.29 is 21.6 Å². The minimum absolute atomic E-state index is 0.0109. The SMILES string of the molecule is CS(=O)(=O)n1cc(-c2cnc3[nH]nc(N4C[C@@H](F)CC4c4cc(F)ccc4F)c3c2)cn1. The Hall–Kier alpha value is -3.41. The molecule has 1 aliphatic heterocycles. The van der Waals surface area contributed by atoms with Crippen molar-refractivity contribution in [3.05, 3.63) is 60.1 Å². The number of benzene rings is 1. The lowest BCUT2D eigenvalue weighted by molar-refractivity contribution is 0.355. The van der Waals surface area contributed by atoms with Crippen molar-refractivity contribution in [3.8, 4) is 11.1 Å². The molecular formula is C20H17F3N6O2S. The molecule has 0 radical (unpaired) electrons. The smallest absolute Gasteiger partial charge is 0.250 e. The Labute approximate surface area is 180 Å². The minimum atomic E-state index is -3.54. The Morgan fingerprint density at radius 3 is 2.72 bits per heavy atom. The van der Waals surface area contributed by atoms with Crippen molar-refractivity contribution in [2.24, 2.45) is 0 Å². The van der Waals surface area contributed by atoms with E-state index in [0.717, 1.165) is 28.5 Å². The maximum atomic E-state index is 14.4. The summed E-state index contributed by atoms with van der Waals surface area (Å²) in [6.45, 7) is -0.0448. The fourth-order valence-corrected chi connectivity index (χ4v) is 4.51. The second-order valence-electron chi connectivity index (χ2n) is 7.70. The number of rotatable bonds is 4. The zero-order chi connectivity index (χ0) is 22.6. The largest absolute Gasteiger partial charge is 0.344 e. The summed E-state index contributed by atoms with van der Waals surface area (Å²) in [6, 6.07) is 4.08. The molecule has 0 bridgehead atoms. The molecule has 1 aromatic carbocycles. The van der Waals surface area contributed by atoms with Crippen LogP contribution < -0.4 is 4.90 Å². The van der Waals surface area contributed by atoms with E-state index in [0.29, 0.717) is 28.0 Å². The number of hydrogen-bond acceptors (Lipinski definition) is 6. The van der Waals surface area contributed by atoms with Gasteiger partial charge < -0.3 is 4.90 Å². The highest BCUT2D eigenvalue weighted by atomic mass is 32.2. The van der Waals surface area contributed by atoms with Gasteiger partial charge in [-0.15, -0.1) is 0 Å². The molecule has 1 aliphatic rings. The summed E-state index contributed by atoms with van der Waals surface area (Å²) in [5.41, 5.74) is 1.55. The van der Waals surface area contributed by atoms with Crippen LogP contribution in [0.25, 0.3) is 22.2 Å². The maximum Gasteiger partial charge on any atom is 0.250 e. The van der Waals surface area contributed by atoms with Gasteiger partial charge in [0, 0.05) is 29.3 Å². The van der Waals surface area contributed by atoms with E-state index in [1.807, 2.05) is 0 Å². The van der Waals surface area contributed by atoms with Gasteiger partial charge in [-0.1, -0.05) is 0 Å². The van der Waals surface area contributed by atoms with Gasteiger partial charge in [-0.25, -0.2) is 26.6 Å². The van der Waals surface area contributed by atoms with Crippen molar-refractivity contribution in [2.45, 2.75) is 18.6 Å². The third-order valence-electron chi connectivity index (χ3n) is 5.47. The molecule has 2 atom stereocenters. The third kappa shape index (κ3) is 3.49. The third-order valence-corrected chi connectivity index (χ3v) is 6.35. The van der Waals surface area contributed by atoms with Crippen LogP contribution in [-0.2, 0) is 10.0 Å². The molecule has 4 aromatic rings. The lowest BCUT2D eigenvalue weighted by atomic mass is 10.0. The van der Waals surface area contributed by atoms with Crippen molar-refractivity contribution >= 4 is 26.9 Å². The van der Waals surface area contributed by atoms with E-state index < -0.39 is 33.9 Å². The predicted molar refractivity (Wildman–Crippen MR) is 111 cm³/mol. The van der Waals surface area contributed by atoms with E-state index in [-0.39, 0.29) is 18.5 Å². The number of fused-ring (bicyclic) bond motifs is 1. The first-order chi connectivity index (χ1) is 15.2. The van der Waals surface area contributed by atoms with Crippen LogP contribution in [0, 0.1) is 11.6 Å².